The molecule has 0 saturated carbocycles. The molecule has 1 aliphatic heterocycles. The van der Waals surface area contributed by atoms with Gasteiger partial charge in [-0.3, -0.25) is 9.69 Å². The van der Waals surface area contributed by atoms with Crippen LogP contribution in [0.3, 0.4) is 0 Å². The van der Waals surface area contributed by atoms with E-state index < -0.39 is 0 Å². The number of carbonyl (C=O) groups excluding carboxylic acids is 1. The fourth-order valence-electron chi connectivity index (χ4n) is 3.34. The van der Waals surface area contributed by atoms with E-state index in [1.165, 1.54) is 12.8 Å². The van der Waals surface area contributed by atoms with E-state index in [0.717, 1.165) is 35.5 Å². The molecule has 23 heavy (non-hydrogen) atoms. The first-order valence-corrected chi connectivity index (χ1v) is 8.27. The molecule has 4 heteroatoms. The maximum Gasteiger partial charge on any atom is 0.251 e. The lowest BCUT2D eigenvalue weighted by molar-refractivity contribution is 0.0933. The van der Waals surface area contributed by atoms with E-state index >= 15 is 0 Å². The van der Waals surface area contributed by atoms with Gasteiger partial charge in [0.1, 0.15) is 5.76 Å². The lowest BCUT2D eigenvalue weighted by atomic mass is 10.1. The Morgan fingerprint density at radius 1 is 1.22 bits per heavy atom. The highest BCUT2D eigenvalue weighted by atomic mass is 16.3. The maximum absolute atomic E-state index is 12.5. The third-order valence-electron chi connectivity index (χ3n) is 4.39. The number of benzene rings is 1. The Morgan fingerprint density at radius 3 is 2.52 bits per heavy atom. The van der Waals surface area contributed by atoms with Crippen molar-refractivity contribution in [3.8, 4) is 0 Å². The molecule has 0 spiro atoms. The quantitative estimate of drug-likeness (QED) is 0.919. The van der Waals surface area contributed by atoms with Gasteiger partial charge in [0.05, 0.1) is 12.3 Å². The van der Waals surface area contributed by atoms with Crippen molar-refractivity contribution in [2.24, 2.45) is 0 Å². The van der Waals surface area contributed by atoms with Crippen LogP contribution in [0.25, 0.3) is 0 Å². The zero-order valence-corrected chi connectivity index (χ0v) is 13.8. The summed E-state index contributed by atoms with van der Waals surface area (Å²) >= 11 is 0. The van der Waals surface area contributed by atoms with Gasteiger partial charge >= 0.3 is 0 Å². The summed E-state index contributed by atoms with van der Waals surface area (Å²) < 4.78 is 5.59. The summed E-state index contributed by atoms with van der Waals surface area (Å²) in [6, 6.07) is 9.95. The molecule has 122 valence electrons. The summed E-state index contributed by atoms with van der Waals surface area (Å²) in [4.78, 5) is 14.9. The van der Waals surface area contributed by atoms with E-state index in [0.29, 0.717) is 6.54 Å². The van der Waals surface area contributed by atoms with Gasteiger partial charge in [-0.25, -0.2) is 0 Å². The summed E-state index contributed by atoms with van der Waals surface area (Å²) in [5.74, 6) is 0.903. The first-order chi connectivity index (χ1) is 11.1. The number of amides is 1. The van der Waals surface area contributed by atoms with Gasteiger partial charge in [0.15, 0.2) is 0 Å². The van der Waals surface area contributed by atoms with Crippen molar-refractivity contribution in [3.05, 3.63) is 59.0 Å². The molecule has 3 rings (SSSR count). The summed E-state index contributed by atoms with van der Waals surface area (Å²) in [7, 11) is 0. The minimum Gasteiger partial charge on any atom is -0.468 e. The van der Waals surface area contributed by atoms with E-state index in [4.69, 9.17) is 4.42 Å². The first kappa shape index (κ1) is 15.8. The zero-order valence-electron chi connectivity index (χ0n) is 13.8. The average molecular weight is 312 g/mol. The van der Waals surface area contributed by atoms with Crippen LogP contribution in [0.1, 0.15) is 46.1 Å². The topological polar surface area (TPSA) is 45.5 Å². The van der Waals surface area contributed by atoms with Gasteiger partial charge in [0.2, 0.25) is 0 Å². The highest BCUT2D eigenvalue weighted by Crippen LogP contribution is 2.25. The largest absolute Gasteiger partial charge is 0.468 e. The molecule has 1 aromatic heterocycles. The third kappa shape index (κ3) is 3.82. The number of hydrogen-bond donors (Lipinski definition) is 1. The highest BCUT2D eigenvalue weighted by Gasteiger charge is 2.26. The number of carbonyl (C=O) groups is 1. The summed E-state index contributed by atoms with van der Waals surface area (Å²) in [6.07, 6.45) is 4.12. The molecule has 1 N–H and O–H groups in total. The Labute approximate surface area is 137 Å². The van der Waals surface area contributed by atoms with Gasteiger partial charge in [-0.1, -0.05) is 17.2 Å². The van der Waals surface area contributed by atoms with Gasteiger partial charge in [0.25, 0.3) is 5.91 Å². The van der Waals surface area contributed by atoms with Crippen molar-refractivity contribution in [2.45, 2.75) is 32.7 Å². The van der Waals surface area contributed by atoms with E-state index in [-0.39, 0.29) is 11.9 Å². The van der Waals surface area contributed by atoms with Crippen LogP contribution >= 0.6 is 0 Å². The number of likely N-dealkylation sites (tertiary alicyclic amines) is 1. The van der Waals surface area contributed by atoms with Crippen LogP contribution in [0.5, 0.6) is 0 Å². The van der Waals surface area contributed by atoms with Gasteiger partial charge in [0, 0.05) is 12.1 Å². The molecule has 1 atom stereocenters. The van der Waals surface area contributed by atoms with Crippen LogP contribution < -0.4 is 5.32 Å². The van der Waals surface area contributed by atoms with Gasteiger partial charge in [-0.15, -0.1) is 0 Å². The Kier molecular flexibility index (Phi) is 4.82. The molecular weight excluding hydrogens is 288 g/mol. The third-order valence-corrected chi connectivity index (χ3v) is 4.39. The Bertz CT molecular complexity index is 638. The van der Waals surface area contributed by atoms with Crippen LogP contribution in [0.2, 0.25) is 0 Å². The zero-order chi connectivity index (χ0) is 16.2. The van der Waals surface area contributed by atoms with Gasteiger partial charge in [-0.05, 0) is 64.0 Å². The minimum absolute atomic E-state index is 0.0208. The molecule has 1 aliphatic rings. The van der Waals surface area contributed by atoms with E-state index in [2.05, 4.69) is 16.3 Å². The van der Waals surface area contributed by atoms with Crippen molar-refractivity contribution in [2.75, 3.05) is 19.6 Å². The summed E-state index contributed by atoms with van der Waals surface area (Å²) in [5, 5.41) is 3.08. The fraction of sp³-hybridized carbons (Fsp3) is 0.421. The monoisotopic (exact) mass is 312 g/mol. The smallest absolute Gasteiger partial charge is 0.251 e. The van der Waals surface area contributed by atoms with E-state index in [1.807, 2.05) is 38.1 Å². The van der Waals surface area contributed by atoms with Crippen LogP contribution in [0.15, 0.2) is 41.0 Å². The fourth-order valence-corrected chi connectivity index (χ4v) is 3.34. The standard InChI is InChI=1S/C19H24N2O2/c1-14-10-15(2)12-16(11-14)19(22)20-13-17(18-6-5-9-23-18)21-7-3-4-8-21/h5-6,9-12,17H,3-4,7-8,13H2,1-2H3,(H,20,22). The lowest BCUT2D eigenvalue weighted by Crippen LogP contribution is -2.36. The number of nitrogens with one attached hydrogen (secondary N) is 1. The summed E-state index contributed by atoms with van der Waals surface area (Å²) in [5.41, 5.74) is 2.94. The van der Waals surface area contributed by atoms with Crippen LogP contribution in [0.4, 0.5) is 0 Å². The van der Waals surface area contributed by atoms with E-state index in [9.17, 15) is 4.79 Å². The predicted molar refractivity (Wildman–Crippen MR) is 90.5 cm³/mol. The number of hydrogen-bond acceptors (Lipinski definition) is 3. The van der Waals surface area contributed by atoms with Crippen molar-refractivity contribution in [1.82, 2.24) is 10.2 Å². The highest BCUT2D eigenvalue weighted by molar-refractivity contribution is 5.94. The number of nitrogens with zero attached hydrogens (tertiary/aromatic N) is 1. The second-order valence-electron chi connectivity index (χ2n) is 6.36. The molecule has 1 aromatic carbocycles. The van der Waals surface area contributed by atoms with Crippen molar-refractivity contribution in [1.29, 1.82) is 0 Å². The predicted octanol–water partition coefficient (Wildman–Crippen LogP) is 3.46. The molecule has 1 saturated heterocycles. The average Bonchev–Trinajstić information content (AvgIpc) is 3.20. The normalized spacial score (nSPS) is 16.4. The Morgan fingerprint density at radius 2 is 1.91 bits per heavy atom. The molecule has 1 unspecified atom stereocenters. The Balaban J connectivity index is 1.69. The van der Waals surface area contributed by atoms with Crippen molar-refractivity contribution >= 4 is 5.91 Å². The maximum atomic E-state index is 12.5. The van der Waals surface area contributed by atoms with Crippen molar-refractivity contribution < 1.29 is 9.21 Å². The van der Waals surface area contributed by atoms with Gasteiger partial charge < -0.3 is 9.73 Å². The van der Waals surface area contributed by atoms with Crippen LogP contribution in [-0.2, 0) is 0 Å². The molecule has 2 aromatic rings. The van der Waals surface area contributed by atoms with Crippen molar-refractivity contribution in [3.63, 3.8) is 0 Å². The number of rotatable bonds is 5. The van der Waals surface area contributed by atoms with E-state index in [1.54, 1.807) is 6.26 Å². The Hall–Kier alpha value is -2.07. The van der Waals surface area contributed by atoms with Crippen LogP contribution in [0, 0.1) is 13.8 Å². The second kappa shape index (κ2) is 7.01. The first-order valence-electron chi connectivity index (χ1n) is 8.27. The minimum atomic E-state index is -0.0208. The number of aryl methyl sites for hydroxylation is 2. The summed E-state index contributed by atoms with van der Waals surface area (Å²) in [6.45, 7) is 6.72. The SMILES string of the molecule is Cc1cc(C)cc(C(=O)NCC(c2ccco2)N2CCCC2)c1. The molecule has 0 radical (unpaired) electrons. The van der Waals surface area contributed by atoms with Crippen LogP contribution in [-0.4, -0.2) is 30.4 Å². The molecular formula is C19H24N2O2. The molecule has 0 aliphatic carbocycles. The van der Waals surface area contributed by atoms with Gasteiger partial charge in [-0.2, -0.15) is 0 Å². The molecule has 0 bridgehead atoms. The second-order valence-corrected chi connectivity index (χ2v) is 6.36. The molecule has 1 amide bonds. The number of furan rings is 1. The molecule has 2 heterocycles. The molecule has 4 nitrogen and oxygen atoms in total. The molecule has 1 fully saturated rings. The lowest BCUT2D eigenvalue weighted by Gasteiger charge is -2.26.